The van der Waals surface area contributed by atoms with Crippen LogP contribution < -0.4 is 10.7 Å². The number of hydrogen-bond acceptors (Lipinski definition) is 5. The first-order chi connectivity index (χ1) is 9.47. The molecule has 2 rings (SSSR count). The van der Waals surface area contributed by atoms with Crippen LogP contribution in [-0.2, 0) is 9.59 Å². The summed E-state index contributed by atoms with van der Waals surface area (Å²) < 4.78 is 0. The van der Waals surface area contributed by atoms with Crippen LogP contribution in [0.4, 0.5) is 11.4 Å². The van der Waals surface area contributed by atoms with E-state index in [1.54, 1.807) is 6.92 Å². The first-order valence-corrected chi connectivity index (χ1v) is 5.89. The highest BCUT2D eigenvalue weighted by atomic mass is 16.6. The lowest BCUT2D eigenvalue weighted by Gasteiger charge is -2.12. The van der Waals surface area contributed by atoms with Crippen molar-refractivity contribution in [3.8, 4) is 0 Å². The first kappa shape index (κ1) is 13.7. The van der Waals surface area contributed by atoms with Gasteiger partial charge in [0, 0.05) is 30.2 Å². The molecule has 0 bridgehead atoms. The molecule has 20 heavy (non-hydrogen) atoms. The monoisotopic (exact) mass is 276 g/mol. The smallest absolute Gasteiger partial charge is 0.272 e. The fourth-order valence-corrected chi connectivity index (χ4v) is 1.78. The molecule has 2 N–H and O–H groups in total. The number of nitrogens with zero attached hydrogens (tertiary/aromatic N) is 2. The van der Waals surface area contributed by atoms with Crippen molar-refractivity contribution >= 4 is 28.9 Å². The van der Waals surface area contributed by atoms with Gasteiger partial charge in [-0.15, -0.1) is 0 Å². The molecular formula is C12H12N4O4. The predicted molar refractivity (Wildman–Crippen MR) is 71.3 cm³/mol. The van der Waals surface area contributed by atoms with Crippen molar-refractivity contribution in [1.29, 1.82) is 0 Å². The fourth-order valence-electron chi connectivity index (χ4n) is 1.78. The van der Waals surface area contributed by atoms with Crippen LogP contribution in [0.1, 0.15) is 18.4 Å². The van der Waals surface area contributed by atoms with Crippen LogP contribution in [-0.4, -0.2) is 22.4 Å². The van der Waals surface area contributed by atoms with E-state index in [4.69, 9.17) is 0 Å². The van der Waals surface area contributed by atoms with Crippen molar-refractivity contribution in [2.24, 2.45) is 5.10 Å². The Labute approximate surface area is 114 Å². The molecule has 0 aliphatic carbocycles. The minimum atomic E-state index is -0.484. The van der Waals surface area contributed by atoms with Gasteiger partial charge in [0.2, 0.25) is 5.91 Å². The van der Waals surface area contributed by atoms with E-state index >= 15 is 0 Å². The zero-order valence-electron chi connectivity index (χ0n) is 10.7. The topological polar surface area (TPSA) is 114 Å². The second-order valence-corrected chi connectivity index (χ2v) is 4.31. The second-order valence-electron chi connectivity index (χ2n) is 4.31. The summed E-state index contributed by atoms with van der Waals surface area (Å²) in [6.45, 7) is 1.59. The maximum atomic E-state index is 11.9. The number of nitro groups is 1. The number of hydrogen-bond donors (Lipinski definition) is 2. The van der Waals surface area contributed by atoms with Gasteiger partial charge in [0.05, 0.1) is 4.92 Å². The number of nitro benzene ring substituents is 1. The van der Waals surface area contributed by atoms with Crippen LogP contribution in [0.15, 0.2) is 23.3 Å². The summed E-state index contributed by atoms with van der Waals surface area (Å²) in [4.78, 5) is 33.0. The Morgan fingerprint density at radius 3 is 2.75 bits per heavy atom. The van der Waals surface area contributed by atoms with Crippen molar-refractivity contribution < 1.29 is 14.5 Å². The van der Waals surface area contributed by atoms with Crippen molar-refractivity contribution in [3.05, 3.63) is 33.9 Å². The lowest BCUT2D eigenvalue weighted by Crippen LogP contribution is -2.32. The highest BCUT2D eigenvalue weighted by molar-refractivity contribution is 6.43. The molecule has 1 aliphatic rings. The number of nitrogens with one attached hydrogen (secondary N) is 2. The molecule has 0 fully saturated rings. The third-order valence-corrected chi connectivity index (χ3v) is 2.82. The highest BCUT2D eigenvalue weighted by Gasteiger charge is 2.19. The summed E-state index contributed by atoms with van der Waals surface area (Å²) in [7, 11) is 0. The van der Waals surface area contributed by atoms with Gasteiger partial charge in [0.15, 0.2) is 0 Å². The molecule has 2 amide bonds. The third kappa shape index (κ3) is 2.97. The Morgan fingerprint density at radius 1 is 1.45 bits per heavy atom. The standard InChI is InChI=1S/C12H12N4O4/c1-7-6-8(2-4-10(7)16(19)20)13-12(18)9-3-5-11(17)15-14-9/h2,4,6H,3,5H2,1H3,(H,13,18)(H,15,17). The number of amides is 2. The summed E-state index contributed by atoms with van der Waals surface area (Å²) in [5.41, 5.74) is 3.34. The normalized spacial score (nSPS) is 14.2. The van der Waals surface area contributed by atoms with Crippen LogP contribution in [0, 0.1) is 17.0 Å². The van der Waals surface area contributed by atoms with Crippen molar-refractivity contribution in [2.45, 2.75) is 19.8 Å². The molecule has 1 aliphatic heterocycles. The van der Waals surface area contributed by atoms with Gasteiger partial charge in [-0.25, -0.2) is 5.43 Å². The second kappa shape index (κ2) is 5.47. The molecule has 0 radical (unpaired) electrons. The zero-order valence-corrected chi connectivity index (χ0v) is 10.7. The molecule has 0 aromatic heterocycles. The van der Waals surface area contributed by atoms with Gasteiger partial charge in [-0.3, -0.25) is 19.7 Å². The molecule has 0 atom stereocenters. The molecule has 1 aromatic carbocycles. The van der Waals surface area contributed by atoms with Gasteiger partial charge in [-0.2, -0.15) is 5.10 Å². The van der Waals surface area contributed by atoms with E-state index < -0.39 is 10.8 Å². The van der Waals surface area contributed by atoms with Crippen LogP contribution in [0.25, 0.3) is 0 Å². The molecule has 0 saturated heterocycles. The number of hydrazone groups is 1. The number of benzene rings is 1. The lowest BCUT2D eigenvalue weighted by molar-refractivity contribution is -0.385. The fraction of sp³-hybridized carbons (Fsp3) is 0.250. The molecule has 0 saturated carbocycles. The number of anilines is 1. The van der Waals surface area contributed by atoms with Crippen molar-refractivity contribution in [2.75, 3.05) is 5.32 Å². The lowest BCUT2D eigenvalue weighted by atomic mass is 10.1. The van der Waals surface area contributed by atoms with Gasteiger partial charge >= 0.3 is 0 Å². The Morgan fingerprint density at radius 2 is 2.20 bits per heavy atom. The van der Waals surface area contributed by atoms with Crippen LogP contribution in [0.3, 0.4) is 0 Å². The highest BCUT2D eigenvalue weighted by Crippen LogP contribution is 2.21. The Bertz CT molecular complexity index is 624. The molecule has 1 aromatic rings. The first-order valence-electron chi connectivity index (χ1n) is 5.89. The number of aryl methyl sites for hydroxylation is 1. The molecule has 0 unspecified atom stereocenters. The molecule has 1 heterocycles. The maximum absolute atomic E-state index is 11.9. The summed E-state index contributed by atoms with van der Waals surface area (Å²) in [5.74, 6) is -0.661. The average molecular weight is 276 g/mol. The van der Waals surface area contributed by atoms with Crippen LogP contribution in [0.2, 0.25) is 0 Å². The quantitative estimate of drug-likeness (QED) is 0.635. The van der Waals surface area contributed by atoms with Crippen molar-refractivity contribution in [3.63, 3.8) is 0 Å². The van der Waals surface area contributed by atoms with E-state index in [0.717, 1.165) is 0 Å². The predicted octanol–water partition coefficient (Wildman–Crippen LogP) is 1.11. The van der Waals surface area contributed by atoms with Gasteiger partial charge in [0.25, 0.3) is 11.6 Å². The maximum Gasteiger partial charge on any atom is 0.272 e. The molecule has 8 heteroatoms. The van der Waals surface area contributed by atoms with Gasteiger partial charge in [-0.05, 0) is 19.1 Å². The molecule has 0 spiro atoms. The summed E-state index contributed by atoms with van der Waals surface area (Å²) in [6.07, 6.45) is 0.481. The summed E-state index contributed by atoms with van der Waals surface area (Å²) in [5, 5.41) is 17.0. The van der Waals surface area contributed by atoms with E-state index in [2.05, 4.69) is 15.8 Å². The number of rotatable bonds is 3. The Hall–Kier alpha value is -2.77. The van der Waals surface area contributed by atoms with E-state index in [0.29, 0.717) is 11.3 Å². The van der Waals surface area contributed by atoms with Crippen molar-refractivity contribution in [1.82, 2.24) is 5.43 Å². The van der Waals surface area contributed by atoms with Gasteiger partial charge in [0.1, 0.15) is 5.71 Å². The average Bonchev–Trinajstić information content (AvgIpc) is 2.39. The number of carbonyl (C=O) groups is 2. The van der Waals surface area contributed by atoms with E-state index in [1.807, 2.05) is 0 Å². The van der Waals surface area contributed by atoms with Crippen LogP contribution >= 0.6 is 0 Å². The zero-order chi connectivity index (χ0) is 14.7. The Balaban J connectivity index is 2.10. The summed E-state index contributed by atoms with van der Waals surface area (Å²) >= 11 is 0. The molecule has 8 nitrogen and oxygen atoms in total. The summed E-state index contributed by atoms with van der Waals surface area (Å²) in [6, 6.07) is 4.29. The third-order valence-electron chi connectivity index (χ3n) is 2.82. The van der Waals surface area contributed by atoms with Crippen LogP contribution in [0.5, 0.6) is 0 Å². The van der Waals surface area contributed by atoms with E-state index in [-0.39, 0.29) is 30.1 Å². The Kier molecular flexibility index (Phi) is 3.74. The minimum Gasteiger partial charge on any atom is -0.321 e. The number of carbonyl (C=O) groups excluding carboxylic acids is 2. The van der Waals surface area contributed by atoms with E-state index in [9.17, 15) is 19.7 Å². The SMILES string of the molecule is Cc1cc(NC(=O)C2=NNC(=O)CC2)ccc1[N+](=O)[O-]. The van der Waals surface area contributed by atoms with E-state index in [1.165, 1.54) is 18.2 Å². The minimum absolute atomic E-state index is 0.00901. The van der Waals surface area contributed by atoms with Gasteiger partial charge < -0.3 is 5.32 Å². The molecular weight excluding hydrogens is 264 g/mol. The largest absolute Gasteiger partial charge is 0.321 e. The van der Waals surface area contributed by atoms with Gasteiger partial charge in [-0.1, -0.05) is 0 Å². The molecule has 104 valence electrons.